The van der Waals surface area contributed by atoms with Crippen LogP contribution in [0, 0.1) is 6.92 Å². The molecule has 2 N–H and O–H groups in total. The Morgan fingerprint density at radius 2 is 1.00 bits per heavy atom. The molecule has 0 radical (unpaired) electrons. The van der Waals surface area contributed by atoms with E-state index in [1.54, 1.807) is 6.92 Å². The number of phenols is 2. The number of rotatable bonds is 8. The number of anilines is 2. The van der Waals surface area contributed by atoms with Crippen molar-refractivity contribution in [3.05, 3.63) is 82.4 Å². The standard InChI is InChI=1S/C35H48N4O2/c1-25-34(40)28(20-26-8-12-30(13-9-26)36-18-16-32(23-36)38(2,3)4)22-29(35(25)41)21-27-10-14-31(15-11-27)37-19-17-33(24-37)39(5,6)7/h8-15,22,32-33H,16-21,23-24H2,1-7H3/p+2. The predicted molar refractivity (Wildman–Crippen MR) is 170 cm³/mol. The van der Waals surface area contributed by atoms with E-state index in [9.17, 15) is 10.2 Å². The van der Waals surface area contributed by atoms with Gasteiger partial charge in [0.2, 0.25) is 0 Å². The number of phenolic OH excluding ortho intramolecular Hbond substituents is 2. The Morgan fingerprint density at radius 3 is 1.32 bits per heavy atom. The molecule has 0 aromatic heterocycles. The highest BCUT2D eigenvalue weighted by atomic mass is 16.3. The minimum Gasteiger partial charge on any atom is -0.507 e. The van der Waals surface area contributed by atoms with E-state index in [-0.39, 0.29) is 11.5 Å². The second-order valence-corrected chi connectivity index (χ2v) is 14.2. The maximum Gasteiger partial charge on any atom is 0.125 e. The summed E-state index contributed by atoms with van der Waals surface area (Å²) < 4.78 is 1.99. The third kappa shape index (κ3) is 6.49. The molecule has 41 heavy (non-hydrogen) atoms. The molecule has 5 rings (SSSR count). The van der Waals surface area contributed by atoms with Crippen molar-refractivity contribution in [3.8, 4) is 11.5 Å². The van der Waals surface area contributed by atoms with Gasteiger partial charge >= 0.3 is 0 Å². The molecule has 0 amide bonds. The summed E-state index contributed by atoms with van der Waals surface area (Å²) in [6, 6.07) is 20.8. The summed E-state index contributed by atoms with van der Waals surface area (Å²) in [5.41, 5.74) is 7.11. The number of hydrogen-bond donors (Lipinski definition) is 2. The second-order valence-electron chi connectivity index (χ2n) is 14.2. The number of aromatic hydroxyl groups is 2. The molecule has 2 aliphatic rings. The lowest BCUT2D eigenvalue weighted by molar-refractivity contribution is -0.893. The molecule has 2 saturated heterocycles. The average Bonchev–Trinajstić information content (AvgIpc) is 3.62. The van der Waals surface area contributed by atoms with Crippen LogP contribution in [0.25, 0.3) is 0 Å². The molecule has 2 fully saturated rings. The van der Waals surface area contributed by atoms with Crippen LogP contribution in [0.1, 0.15) is 40.7 Å². The molecule has 3 aromatic rings. The Kier molecular flexibility index (Phi) is 8.01. The normalized spacial score (nSPS) is 19.8. The first kappa shape index (κ1) is 29.3. The van der Waals surface area contributed by atoms with Crippen molar-refractivity contribution in [2.45, 2.75) is 44.7 Å². The van der Waals surface area contributed by atoms with Gasteiger partial charge in [-0.3, -0.25) is 0 Å². The first-order chi connectivity index (χ1) is 19.3. The van der Waals surface area contributed by atoms with Gasteiger partial charge in [-0.25, -0.2) is 0 Å². The second kappa shape index (κ2) is 11.2. The van der Waals surface area contributed by atoms with Crippen LogP contribution in [0.4, 0.5) is 11.4 Å². The van der Waals surface area contributed by atoms with Crippen molar-refractivity contribution < 1.29 is 19.2 Å². The molecule has 2 heterocycles. The zero-order chi connectivity index (χ0) is 29.5. The Morgan fingerprint density at radius 1 is 0.634 bits per heavy atom. The summed E-state index contributed by atoms with van der Waals surface area (Å²) in [4.78, 5) is 4.96. The summed E-state index contributed by atoms with van der Waals surface area (Å²) in [7, 11) is 13.7. The van der Waals surface area contributed by atoms with Crippen LogP contribution in [0.15, 0.2) is 54.6 Å². The zero-order valence-electron chi connectivity index (χ0n) is 26.2. The van der Waals surface area contributed by atoms with Crippen molar-refractivity contribution in [2.24, 2.45) is 0 Å². The third-order valence-corrected chi connectivity index (χ3v) is 9.58. The smallest absolute Gasteiger partial charge is 0.125 e. The zero-order valence-corrected chi connectivity index (χ0v) is 26.2. The van der Waals surface area contributed by atoms with Gasteiger partial charge in [-0.05, 0) is 59.5 Å². The summed E-state index contributed by atoms with van der Waals surface area (Å²) >= 11 is 0. The van der Waals surface area contributed by atoms with Crippen molar-refractivity contribution in [3.63, 3.8) is 0 Å². The van der Waals surface area contributed by atoms with E-state index in [0.717, 1.165) is 57.4 Å². The maximum absolute atomic E-state index is 10.9. The molecule has 0 spiro atoms. The Hall–Kier alpha value is -3.22. The number of nitrogens with zero attached hydrogens (tertiary/aromatic N) is 4. The highest BCUT2D eigenvalue weighted by molar-refractivity contribution is 5.56. The number of benzene rings is 3. The lowest BCUT2D eigenvalue weighted by Crippen LogP contribution is -2.46. The molecular formula is C35H50N4O2+2. The van der Waals surface area contributed by atoms with Gasteiger partial charge in [0.1, 0.15) is 23.6 Å². The van der Waals surface area contributed by atoms with Crippen molar-refractivity contribution in [1.82, 2.24) is 0 Å². The van der Waals surface area contributed by atoms with Gasteiger partial charge in [0.15, 0.2) is 0 Å². The Labute approximate surface area is 247 Å². The van der Waals surface area contributed by atoms with Crippen molar-refractivity contribution in [2.75, 3.05) is 78.3 Å². The topological polar surface area (TPSA) is 46.9 Å². The van der Waals surface area contributed by atoms with Crippen LogP contribution < -0.4 is 9.80 Å². The molecule has 3 aromatic carbocycles. The van der Waals surface area contributed by atoms with E-state index in [1.165, 1.54) is 24.2 Å². The SMILES string of the molecule is Cc1c(O)c(Cc2ccc(N3CCC([N+](C)(C)C)C3)cc2)cc(Cc2ccc(N3CCC([N+](C)(C)C)C3)cc2)c1O. The predicted octanol–water partition coefficient (Wildman–Crippen LogP) is 5.16. The number of hydrogen-bond acceptors (Lipinski definition) is 4. The van der Waals surface area contributed by atoms with Gasteiger partial charge in [0.25, 0.3) is 0 Å². The summed E-state index contributed by atoms with van der Waals surface area (Å²) in [6.45, 7) is 6.16. The highest BCUT2D eigenvalue weighted by Crippen LogP contribution is 2.36. The van der Waals surface area contributed by atoms with Gasteiger partial charge in [0, 0.05) is 55.7 Å². The molecule has 2 aliphatic heterocycles. The molecule has 220 valence electrons. The third-order valence-electron chi connectivity index (χ3n) is 9.58. The van der Waals surface area contributed by atoms with E-state index < -0.39 is 0 Å². The summed E-state index contributed by atoms with van der Waals surface area (Å²) in [5.74, 6) is 0.383. The van der Waals surface area contributed by atoms with Gasteiger partial charge < -0.3 is 29.0 Å². The van der Waals surface area contributed by atoms with Crippen LogP contribution in [0.3, 0.4) is 0 Å². The van der Waals surface area contributed by atoms with E-state index in [4.69, 9.17) is 0 Å². The van der Waals surface area contributed by atoms with Gasteiger partial charge in [-0.15, -0.1) is 0 Å². The monoisotopic (exact) mass is 558 g/mol. The molecule has 0 bridgehead atoms. The fourth-order valence-corrected chi connectivity index (χ4v) is 6.52. The van der Waals surface area contributed by atoms with Gasteiger partial charge in [-0.2, -0.15) is 0 Å². The van der Waals surface area contributed by atoms with Crippen molar-refractivity contribution in [1.29, 1.82) is 0 Å². The van der Waals surface area contributed by atoms with Gasteiger partial charge in [-0.1, -0.05) is 24.3 Å². The van der Waals surface area contributed by atoms with E-state index in [2.05, 4.69) is 101 Å². The summed E-state index contributed by atoms with van der Waals surface area (Å²) in [5, 5.41) is 21.8. The molecule has 6 nitrogen and oxygen atoms in total. The first-order valence-electron chi connectivity index (χ1n) is 15.1. The Balaban J connectivity index is 1.27. The number of quaternary nitrogens is 2. The Bertz CT molecular complexity index is 1250. The fourth-order valence-electron chi connectivity index (χ4n) is 6.52. The maximum atomic E-state index is 10.9. The van der Waals surface area contributed by atoms with Crippen molar-refractivity contribution >= 4 is 11.4 Å². The minimum absolute atomic E-state index is 0.192. The minimum atomic E-state index is 0.192. The molecule has 0 aliphatic carbocycles. The number of likely N-dealkylation sites (N-methyl/N-ethyl adjacent to an activating group) is 2. The highest BCUT2D eigenvalue weighted by Gasteiger charge is 2.33. The van der Waals surface area contributed by atoms with Crippen LogP contribution in [0.2, 0.25) is 0 Å². The molecule has 2 unspecified atom stereocenters. The first-order valence-corrected chi connectivity index (χ1v) is 15.1. The lowest BCUT2D eigenvalue weighted by Gasteiger charge is -2.31. The molecule has 0 saturated carbocycles. The molecular weight excluding hydrogens is 508 g/mol. The van der Waals surface area contributed by atoms with E-state index in [0.29, 0.717) is 30.5 Å². The van der Waals surface area contributed by atoms with E-state index in [1.807, 2.05) is 6.07 Å². The van der Waals surface area contributed by atoms with E-state index >= 15 is 0 Å². The fraction of sp³-hybridized carbons (Fsp3) is 0.486. The lowest BCUT2D eigenvalue weighted by atomic mass is 9.94. The van der Waals surface area contributed by atoms with Gasteiger partial charge in [0.05, 0.1) is 55.4 Å². The molecule has 6 heteroatoms. The largest absolute Gasteiger partial charge is 0.507 e. The quantitative estimate of drug-likeness (QED) is 0.375. The van der Waals surface area contributed by atoms with Crippen LogP contribution in [0.5, 0.6) is 11.5 Å². The molecule has 2 atom stereocenters. The van der Waals surface area contributed by atoms with Crippen LogP contribution in [-0.4, -0.2) is 99.7 Å². The summed E-state index contributed by atoms with van der Waals surface area (Å²) in [6.07, 6.45) is 3.69. The average molecular weight is 559 g/mol. The van der Waals surface area contributed by atoms with Crippen LogP contribution in [-0.2, 0) is 12.8 Å². The van der Waals surface area contributed by atoms with Crippen LogP contribution >= 0.6 is 0 Å².